The standard InChI is InChI=1S/C13H19NS/c1-11-5-2-3-7-13(11)15-12-6-4-9-14-10-8-12/h2-3,5,7,12,14H,4,6,8-10H2,1H3. The summed E-state index contributed by atoms with van der Waals surface area (Å²) >= 11 is 2.06. The summed E-state index contributed by atoms with van der Waals surface area (Å²) in [5, 5.41) is 4.27. The third-order valence-electron chi connectivity index (χ3n) is 2.91. The van der Waals surface area contributed by atoms with Gasteiger partial charge >= 0.3 is 0 Å². The monoisotopic (exact) mass is 221 g/mol. The zero-order chi connectivity index (χ0) is 10.5. The number of hydrogen-bond donors (Lipinski definition) is 1. The molecule has 15 heavy (non-hydrogen) atoms. The molecule has 82 valence electrons. The van der Waals surface area contributed by atoms with Crippen LogP contribution in [0.25, 0.3) is 0 Å². The molecule has 1 fully saturated rings. The molecule has 1 nitrogen and oxygen atoms in total. The maximum Gasteiger partial charge on any atom is 0.0107 e. The van der Waals surface area contributed by atoms with E-state index in [0.29, 0.717) is 0 Å². The lowest BCUT2D eigenvalue weighted by Crippen LogP contribution is -2.14. The Morgan fingerprint density at radius 2 is 2.07 bits per heavy atom. The lowest BCUT2D eigenvalue weighted by atomic mass is 10.2. The molecule has 1 N–H and O–H groups in total. The van der Waals surface area contributed by atoms with E-state index in [-0.39, 0.29) is 0 Å². The van der Waals surface area contributed by atoms with Gasteiger partial charge in [0.1, 0.15) is 0 Å². The highest BCUT2D eigenvalue weighted by atomic mass is 32.2. The number of nitrogens with one attached hydrogen (secondary N) is 1. The van der Waals surface area contributed by atoms with Crippen LogP contribution in [0.1, 0.15) is 24.8 Å². The van der Waals surface area contributed by atoms with Crippen LogP contribution >= 0.6 is 11.8 Å². The molecule has 0 radical (unpaired) electrons. The van der Waals surface area contributed by atoms with Crippen molar-refractivity contribution in [3.63, 3.8) is 0 Å². The van der Waals surface area contributed by atoms with Crippen molar-refractivity contribution in [3.8, 4) is 0 Å². The second-order valence-corrected chi connectivity index (χ2v) is 5.53. The summed E-state index contributed by atoms with van der Waals surface area (Å²) in [6.07, 6.45) is 3.98. The number of benzene rings is 1. The van der Waals surface area contributed by atoms with E-state index in [9.17, 15) is 0 Å². The molecule has 0 spiro atoms. The Bertz CT molecular complexity index is 303. The predicted molar refractivity (Wildman–Crippen MR) is 67.5 cm³/mol. The first-order valence-electron chi connectivity index (χ1n) is 5.79. The van der Waals surface area contributed by atoms with Gasteiger partial charge in [0.25, 0.3) is 0 Å². The van der Waals surface area contributed by atoms with E-state index in [1.807, 2.05) is 0 Å². The van der Waals surface area contributed by atoms with E-state index in [2.05, 4.69) is 48.3 Å². The first-order chi connectivity index (χ1) is 7.36. The van der Waals surface area contributed by atoms with Crippen molar-refractivity contribution >= 4 is 11.8 Å². The number of aryl methyl sites for hydroxylation is 1. The molecule has 1 aliphatic heterocycles. The smallest absolute Gasteiger partial charge is 0.0107 e. The summed E-state index contributed by atoms with van der Waals surface area (Å²) in [5.41, 5.74) is 1.42. The van der Waals surface area contributed by atoms with Gasteiger partial charge in [0, 0.05) is 10.1 Å². The molecule has 1 heterocycles. The molecular weight excluding hydrogens is 202 g/mol. The van der Waals surface area contributed by atoms with Gasteiger partial charge in [-0.3, -0.25) is 0 Å². The molecular formula is C13H19NS. The minimum atomic E-state index is 0.807. The van der Waals surface area contributed by atoms with Gasteiger partial charge in [0.2, 0.25) is 0 Å². The van der Waals surface area contributed by atoms with Crippen LogP contribution in [0, 0.1) is 6.92 Å². The van der Waals surface area contributed by atoms with E-state index < -0.39 is 0 Å². The van der Waals surface area contributed by atoms with Crippen molar-refractivity contribution in [2.24, 2.45) is 0 Å². The fourth-order valence-electron chi connectivity index (χ4n) is 1.97. The third kappa shape index (κ3) is 3.25. The molecule has 2 rings (SSSR count). The van der Waals surface area contributed by atoms with Gasteiger partial charge in [-0.25, -0.2) is 0 Å². The van der Waals surface area contributed by atoms with Gasteiger partial charge in [-0.1, -0.05) is 18.2 Å². The summed E-state index contributed by atoms with van der Waals surface area (Å²) in [6.45, 7) is 4.59. The van der Waals surface area contributed by atoms with Crippen molar-refractivity contribution in [2.45, 2.75) is 36.3 Å². The number of thioether (sulfide) groups is 1. The fraction of sp³-hybridized carbons (Fsp3) is 0.538. The van der Waals surface area contributed by atoms with E-state index in [4.69, 9.17) is 0 Å². The SMILES string of the molecule is Cc1ccccc1SC1CCCNCC1. The highest BCUT2D eigenvalue weighted by molar-refractivity contribution is 8.00. The Balaban J connectivity index is 1.98. The highest BCUT2D eigenvalue weighted by Gasteiger charge is 2.13. The van der Waals surface area contributed by atoms with Crippen LogP contribution in [0.4, 0.5) is 0 Å². The molecule has 1 atom stereocenters. The van der Waals surface area contributed by atoms with Gasteiger partial charge in [-0.15, -0.1) is 11.8 Å². The van der Waals surface area contributed by atoms with Gasteiger partial charge < -0.3 is 5.32 Å². The number of hydrogen-bond acceptors (Lipinski definition) is 2. The van der Waals surface area contributed by atoms with Crippen LogP contribution in [0.3, 0.4) is 0 Å². The first-order valence-corrected chi connectivity index (χ1v) is 6.67. The largest absolute Gasteiger partial charge is 0.317 e. The second-order valence-electron chi connectivity index (χ2n) is 4.19. The molecule has 1 aliphatic rings. The average Bonchev–Trinajstić information content (AvgIpc) is 2.50. The summed E-state index contributed by atoms with van der Waals surface area (Å²) in [4.78, 5) is 1.46. The molecule has 1 saturated heterocycles. The molecule has 0 aromatic heterocycles. The third-order valence-corrected chi connectivity index (χ3v) is 4.43. The molecule has 0 saturated carbocycles. The number of rotatable bonds is 2. The Kier molecular flexibility index (Phi) is 4.09. The zero-order valence-corrected chi connectivity index (χ0v) is 10.1. The lowest BCUT2D eigenvalue weighted by molar-refractivity contribution is 0.703. The lowest BCUT2D eigenvalue weighted by Gasteiger charge is -2.14. The maximum absolute atomic E-state index is 3.46. The van der Waals surface area contributed by atoms with Crippen LogP contribution in [-0.2, 0) is 0 Å². The molecule has 1 aromatic carbocycles. The van der Waals surface area contributed by atoms with Crippen molar-refractivity contribution in [3.05, 3.63) is 29.8 Å². The Hall–Kier alpha value is -0.470. The van der Waals surface area contributed by atoms with Crippen molar-refractivity contribution in [1.82, 2.24) is 5.32 Å². The molecule has 1 aromatic rings. The molecule has 1 unspecified atom stereocenters. The first kappa shape index (κ1) is 11.0. The molecule has 0 amide bonds. The average molecular weight is 221 g/mol. The summed E-state index contributed by atoms with van der Waals surface area (Å²) in [7, 11) is 0. The normalized spacial score (nSPS) is 22.3. The van der Waals surface area contributed by atoms with Crippen molar-refractivity contribution in [1.29, 1.82) is 0 Å². The summed E-state index contributed by atoms with van der Waals surface area (Å²) in [6, 6.07) is 8.72. The molecule has 2 heteroatoms. The highest BCUT2D eigenvalue weighted by Crippen LogP contribution is 2.31. The van der Waals surface area contributed by atoms with E-state index in [1.54, 1.807) is 0 Å². The summed E-state index contributed by atoms with van der Waals surface area (Å²) in [5.74, 6) is 0. The second kappa shape index (κ2) is 5.57. The Morgan fingerprint density at radius 1 is 1.20 bits per heavy atom. The van der Waals surface area contributed by atoms with Crippen LogP contribution in [0.15, 0.2) is 29.2 Å². The van der Waals surface area contributed by atoms with Crippen molar-refractivity contribution < 1.29 is 0 Å². The fourth-order valence-corrected chi connectivity index (χ4v) is 3.26. The van der Waals surface area contributed by atoms with Crippen LogP contribution < -0.4 is 5.32 Å². The Morgan fingerprint density at radius 3 is 2.93 bits per heavy atom. The van der Waals surface area contributed by atoms with Gasteiger partial charge in [-0.2, -0.15) is 0 Å². The van der Waals surface area contributed by atoms with Crippen molar-refractivity contribution in [2.75, 3.05) is 13.1 Å². The maximum atomic E-state index is 3.46. The summed E-state index contributed by atoms with van der Waals surface area (Å²) < 4.78 is 0. The minimum absolute atomic E-state index is 0.807. The van der Waals surface area contributed by atoms with E-state index >= 15 is 0 Å². The van der Waals surface area contributed by atoms with Gasteiger partial charge in [0.15, 0.2) is 0 Å². The predicted octanol–water partition coefficient (Wildman–Crippen LogP) is 3.23. The zero-order valence-electron chi connectivity index (χ0n) is 9.33. The Labute approximate surface area is 96.7 Å². The minimum Gasteiger partial charge on any atom is -0.317 e. The van der Waals surface area contributed by atoms with Gasteiger partial charge in [0.05, 0.1) is 0 Å². The van der Waals surface area contributed by atoms with Crippen LogP contribution in [0.5, 0.6) is 0 Å². The van der Waals surface area contributed by atoms with E-state index in [0.717, 1.165) is 5.25 Å². The quantitative estimate of drug-likeness (QED) is 0.823. The topological polar surface area (TPSA) is 12.0 Å². The molecule has 0 aliphatic carbocycles. The molecule has 0 bridgehead atoms. The van der Waals surface area contributed by atoms with Crippen LogP contribution in [0.2, 0.25) is 0 Å². The van der Waals surface area contributed by atoms with Gasteiger partial charge in [-0.05, 0) is 50.9 Å². The van der Waals surface area contributed by atoms with E-state index in [1.165, 1.54) is 42.8 Å². The van der Waals surface area contributed by atoms with Crippen LogP contribution in [-0.4, -0.2) is 18.3 Å².